The highest BCUT2D eigenvalue weighted by Crippen LogP contribution is 2.40. The molecule has 250 valence electrons. The quantitative estimate of drug-likeness (QED) is 0.172. The summed E-state index contributed by atoms with van der Waals surface area (Å²) in [4.78, 5) is 10.7. The smallest absolute Gasteiger partial charge is 0.159 e. The molecule has 0 N–H and O–H groups in total. The molecule has 1 aliphatic rings. The van der Waals surface area contributed by atoms with E-state index in [-0.39, 0.29) is 0 Å². The lowest BCUT2D eigenvalue weighted by Gasteiger charge is -2.19. The first-order valence-corrected chi connectivity index (χ1v) is 21.3. The molecule has 0 atom stereocenters. The van der Waals surface area contributed by atoms with Gasteiger partial charge in [-0.15, -0.1) is 0 Å². The van der Waals surface area contributed by atoms with Crippen LogP contribution in [0.3, 0.4) is 0 Å². The second kappa shape index (κ2) is 11.2. The van der Waals surface area contributed by atoms with Crippen LogP contribution in [0.5, 0.6) is 0 Å². The van der Waals surface area contributed by atoms with Crippen LogP contribution < -0.4 is 10.5 Å². The molecule has 0 saturated heterocycles. The maximum absolute atomic E-state index is 5.40. The number of rotatable bonds is 4. The van der Waals surface area contributed by atoms with Crippen molar-refractivity contribution >= 4 is 62.2 Å². The fraction of sp³-hybridized carbons (Fsp3) is 0.0417. The summed E-state index contributed by atoms with van der Waals surface area (Å²) in [6, 6.07) is 61.3. The molecule has 7 aromatic carbocycles. The highest BCUT2D eigenvalue weighted by atomic mass is 28.3. The molecule has 10 aromatic rings. The first kappa shape index (κ1) is 30.1. The number of hydrogen-bond donors (Lipinski definition) is 0. The molecule has 53 heavy (non-hydrogen) atoms. The summed E-state index contributed by atoms with van der Waals surface area (Å²) in [5, 5.41) is 7.65. The van der Waals surface area contributed by atoms with Gasteiger partial charge in [0.2, 0.25) is 0 Å². The van der Waals surface area contributed by atoms with Crippen LogP contribution in [0.4, 0.5) is 0 Å². The van der Waals surface area contributed by atoms with Gasteiger partial charge in [0, 0.05) is 54.9 Å². The Morgan fingerprint density at radius 1 is 0.434 bits per heavy atom. The van der Waals surface area contributed by atoms with E-state index in [1.165, 1.54) is 65.2 Å². The number of aromatic nitrogens is 4. The zero-order chi connectivity index (χ0) is 35.3. The van der Waals surface area contributed by atoms with E-state index in [4.69, 9.17) is 9.97 Å². The van der Waals surface area contributed by atoms with Crippen LogP contribution in [0.15, 0.2) is 170 Å². The number of benzene rings is 7. The van der Waals surface area contributed by atoms with Gasteiger partial charge in [-0.25, -0.2) is 9.97 Å². The maximum Gasteiger partial charge on any atom is 0.159 e. The van der Waals surface area contributed by atoms with E-state index in [1.807, 2.05) is 0 Å². The SMILES string of the molecule is C[Si]1(C)c2ccccc2-c2c(-c3ccccc3)nc(-c3ccc(-n4c5ccccc5c5cc6c7ccccc7n(-c7ccccc7)c6cc54)cc3)nc21. The molecule has 4 nitrogen and oxygen atoms in total. The molecular weight excluding hydrogens is 661 g/mol. The fourth-order valence-electron chi connectivity index (χ4n) is 8.80. The molecule has 0 aliphatic carbocycles. The van der Waals surface area contributed by atoms with Crippen molar-refractivity contribution in [3.63, 3.8) is 0 Å². The minimum Gasteiger partial charge on any atom is -0.309 e. The van der Waals surface area contributed by atoms with Gasteiger partial charge in [0.1, 0.15) is 8.07 Å². The second-order valence-corrected chi connectivity index (χ2v) is 18.9. The average molecular weight is 695 g/mol. The van der Waals surface area contributed by atoms with Gasteiger partial charge in [0.25, 0.3) is 0 Å². The number of para-hydroxylation sites is 3. The van der Waals surface area contributed by atoms with Gasteiger partial charge in [-0.1, -0.05) is 122 Å². The molecule has 0 spiro atoms. The summed E-state index contributed by atoms with van der Waals surface area (Å²) < 4.78 is 4.81. The van der Waals surface area contributed by atoms with Crippen molar-refractivity contribution in [2.75, 3.05) is 0 Å². The molecule has 0 radical (unpaired) electrons. The Hall–Kier alpha value is -6.56. The van der Waals surface area contributed by atoms with Crippen molar-refractivity contribution in [3.05, 3.63) is 170 Å². The van der Waals surface area contributed by atoms with Gasteiger partial charge in [0.15, 0.2) is 5.82 Å². The summed E-state index contributed by atoms with van der Waals surface area (Å²) in [6.07, 6.45) is 0. The third-order valence-electron chi connectivity index (χ3n) is 11.3. The van der Waals surface area contributed by atoms with Crippen molar-refractivity contribution in [1.29, 1.82) is 0 Å². The standard InChI is InChI=1S/C48H34N4Si/c1-53(2)44-24-14-11-21-37(44)45-46(31-15-5-3-6-16-31)49-47(50-48(45)53)32-25-27-34(28-26-32)52-41-23-13-10-20-36(41)39-29-38-35-19-9-12-22-40(35)51(42(38)30-43(39)52)33-17-7-4-8-18-33/h3-30H,1-2H3. The van der Waals surface area contributed by atoms with Gasteiger partial charge < -0.3 is 9.13 Å². The number of hydrogen-bond acceptors (Lipinski definition) is 2. The number of fused-ring (bicyclic) bond motifs is 9. The van der Waals surface area contributed by atoms with Gasteiger partial charge in [-0.05, 0) is 71.4 Å². The Morgan fingerprint density at radius 2 is 0.981 bits per heavy atom. The van der Waals surface area contributed by atoms with Crippen molar-refractivity contribution in [3.8, 4) is 45.1 Å². The molecule has 11 rings (SSSR count). The lowest BCUT2D eigenvalue weighted by Crippen LogP contribution is -2.50. The Kier molecular flexibility index (Phi) is 6.37. The number of nitrogens with zero attached hydrogens (tertiary/aromatic N) is 4. The molecule has 0 fully saturated rings. The zero-order valence-electron chi connectivity index (χ0n) is 29.5. The van der Waals surface area contributed by atoms with Crippen LogP contribution in [0.25, 0.3) is 88.8 Å². The van der Waals surface area contributed by atoms with E-state index in [0.717, 1.165) is 34.0 Å². The van der Waals surface area contributed by atoms with Crippen LogP contribution in [-0.4, -0.2) is 27.2 Å². The summed E-state index contributed by atoms with van der Waals surface area (Å²) in [5.74, 6) is 0.777. The molecule has 0 unspecified atom stereocenters. The van der Waals surface area contributed by atoms with Gasteiger partial charge in [-0.2, -0.15) is 0 Å². The first-order chi connectivity index (χ1) is 26.1. The molecule has 4 heterocycles. The minimum atomic E-state index is -2.05. The molecule has 0 amide bonds. The summed E-state index contributed by atoms with van der Waals surface area (Å²) >= 11 is 0. The van der Waals surface area contributed by atoms with E-state index in [0.29, 0.717) is 0 Å². The van der Waals surface area contributed by atoms with E-state index >= 15 is 0 Å². The summed E-state index contributed by atoms with van der Waals surface area (Å²) in [7, 11) is -2.05. The zero-order valence-corrected chi connectivity index (χ0v) is 30.5. The van der Waals surface area contributed by atoms with Crippen LogP contribution in [0.1, 0.15) is 0 Å². The Bertz CT molecular complexity index is 3070. The molecular formula is C48H34N4Si. The second-order valence-electron chi connectivity index (χ2n) is 14.6. The van der Waals surface area contributed by atoms with Crippen LogP contribution in [0.2, 0.25) is 13.1 Å². The predicted molar refractivity (Wildman–Crippen MR) is 224 cm³/mol. The van der Waals surface area contributed by atoms with E-state index in [1.54, 1.807) is 0 Å². The highest BCUT2D eigenvalue weighted by molar-refractivity contribution is 7.03. The van der Waals surface area contributed by atoms with E-state index in [9.17, 15) is 0 Å². The Labute approximate surface area is 308 Å². The monoisotopic (exact) mass is 694 g/mol. The third kappa shape index (κ3) is 4.35. The normalized spacial score (nSPS) is 13.2. The van der Waals surface area contributed by atoms with Crippen molar-refractivity contribution < 1.29 is 0 Å². The molecule has 5 heteroatoms. The average Bonchev–Trinajstić information content (AvgIpc) is 3.80. The molecule has 1 aliphatic heterocycles. The lowest BCUT2D eigenvalue weighted by atomic mass is 10.0. The Balaban J connectivity index is 1.11. The highest BCUT2D eigenvalue weighted by Gasteiger charge is 2.41. The Morgan fingerprint density at radius 3 is 1.64 bits per heavy atom. The maximum atomic E-state index is 5.40. The predicted octanol–water partition coefficient (Wildman–Crippen LogP) is 10.8. The summed E-state index contributed by atoms with van der Waals surface area (Å²) in [6.45, 7) is 4.84. The van der Waals surface area contributed by atoms with Crippen LogP contribution in [0, 0.1) is 0 Å². The van der Waals surface area contributed by atoms with Crippen molar-refractivity contribution in [1.82, 2.24) is 19.1 Å². The van der Waals surface area contributed by atoms with Gasteiger partial charge in [-0.3, -0.25) is 0 Å². The van der Waals surface area contributed by atoms with Crippen molar-refractivity contribution in [2.45, 2.75) is 13.1 Å². The molecule has 0 bridgehead atoms. The molecule has 0 saturated carbocycles. The lowest BCUT2D eigenvalue weighted by molar-refractivity contribution is 1.16. The largest absolute Gasteiger partial charge is 0.309 e. The van der Waals surface area contributed by atoms with Crippen molar-refractivity contribution in [2.24, 2.45) is 0 Å². The minimum absolute atomic E-state index is 0.777. The van der Waals surface area contributed by atoms with E-state index < -0.39 is 8.07 Å². The van der Waals surface area contributed by atoms with Gasteiger partial charge >= 0.3 is 0 Å². The van der Waals surface area contributed by atoms with Crippen LogP contribution in [-0.2, 0) is 0 Å². The first-order valence-electron chi connectivity index (χ1n) is 18.3. The van der Waals surface area contributed by atoms with E-state index in [2.05, 4.69) is 192 Å². The topological polar surface area (TPSA) is 35.6 Å². The molecule has 3 aromatic heterocycles. The summed E-state index contributed by atoms with van der Waals surface area (Å²) in [5.41, 5.74) is 12.7. The van der Waals surface area contributed by atoms with Crippen LogP contribution >= 0.6 is 0 Å². The van der Waals surface area contributed by atoms with Gasteiger partial charge in [0.05, 0.1) is 27.8 Å². The third-order valence-corrected chi connectivity index (χ3v) is 14.6. The fourth-order valence-corrected chi connectivity index (χ4v) is 11.7.